The molecule has 28 heavy (non-hydrogen) atoms. The number of Topliss-reactive ketones (excluding diaryl/α,β-unsaturated/α-hetero) is 1. The Balaban J connectivity index is 1.87. The number of urea groups is 1. The molecule has 0 aliphatic heterocycles. The first-order chi connectivity index (χ1) is 13.3. The third kappa shape index (κ3) is 3.70. The number of carbonyl (C=O) groups is 2. The number of hydrogen-bond acceptors (Lipinski definition) is 7. The highest BCUT2D eigenvalue weighted by Gasteiger charge is 2.18. The Hall–Kier alpha value is -3.33. The summed E-state index contributed by atoms with van der Waals surface area (Å²) < 4.78 is 16.2. The van der Waals surface area contributed by atoms with Gasteiger partial charge in [-0.25, -0.2) is 9.59 Å². The van der Waals surface area contributed by atoms with Gasteiger partial charge in [0.2, 0.25) is 0 Å². The van der Waals surface area contributed by atoms with Crippen molar-refractivity contribution in [2.24, 2.45) is 0 Å². The summed E-state index contributed by atoms with van der Waals surface area (Å²) in [5.74, 6) is 0.682. The van der Waals surface area contributed by atoms with E-state index in [0.717, 1.165) is 0 Å². The molecule has 3 rings (SSSR count). The Kier molecular flexibility index (Phi) is 5.36. The van der Waals surface area contributed by atoms with Crippen molar-refractivity contribution >= 4 is 44.1 Å². The van der Waals surface area contributed by atoms with Crippen molar-refractivity contribution in [2.75, 3.05) is 31.5 Å². The summed E-state index contributed by atoms with van der Waals surface area (Å²) >= 11 is 1.23. The van der Waals surface area contributed by atoms with Gasteiger partial charge in [0.15, 0.2) is 11.4 Å². The molecule has 146 valence electrons. The van der Waals surface area contributed by atoms with E-state index in [4.69, 9.17) is 13.9 Å². The first-order valence-corrected chi connectivity index (χ1v) is 9.01. The van der Waals surface area contributed by atoms with Crippen LogP contribution < -0.4 is 25.3 Å². The third-order valence-electron chi connectivity index (χ3n) is 4.07. The number of nitrogens with one attached hydrogen (secondary N) is 1. The molecular weight excluding hydrogens is 384 g/mol. The van der Waals surface area contributed by atoms with Gasteiger partial charge in [-0.15, -0.1) is 11.3 Å². The zero-order valence-corrected chi connectivity index (χ0v) is 16.5. The molecule has 0 aliphatic carbocycles. The molecule has 1 aromatic carbocycles. The molecule has 0 aliphatic rings. The van der Waals surface area contributed by atoms with Gasteiger partial charge in [-0.3, -0.25) is 9.69 Å². The van der Waals surface area contributed by atoms with Gasteiger partial charge >= 0.3 is 11.7 Å². The van der Waals surface area contributed by atoms with E-state index in [-0.39, 0.29) is 11.3 Å². The summed E-state index contributed by atoms with van der Waals surface area (Å²) in [6, 6.07) is 7.69. The number of hydrogen-bond donors (Lipinski definition) is 1. The molecule has 9 heteroatoms. The Labute approximate surface area is 164 Å². The predicted octanol–water partition coefficient (Wildman–Crippen LogP) is 3.74. The van der Waals surface area contributed by atoms with Crippen LogP contribution in [0.1, 0.15) is 17.3 Å². The lowest BCUT2D eigenvalue weighted by Crippen LogP contribution is -2.30. The van der Waals surface area contributed by atoms with E-state index in [0.29, 0.717) is 32.5 Å². The molecule has 0 radical (unpaired) electrons. The van der Waals surface area contributed by atoms with Crippen molar-refractivity contribution in [2.45, 2.75) is 6.92 Å². The highest BCUT2D eigenvalue weighted by atomic mass is 32.1. The standard InChI is InChI=1S/C19H18N2O6S/c1-10(22)12-8-16-15(27-18(12)23)9-17(28-16)21(2)19(24)20-13-6-5-11(25-3)7-14(13)26-4/h5-9H,1-4H3,(H,20,24). The van der Waals surface area contributed by atoms with Crippen molar-refractivity contribution < 1.29 is 23.5 Å². The number of thiophene rings is 1. The largest absolute Gasteiger partial charge is 0.497 e. The number of nitrogens with zero attached hydrogens (tertiary/aromatic N) is 1. The summed E-state index contributed by atoms with van der Waals surface area (Å²) in [4.78, 5) is 37.4. The maximum absolute atomic E-state index is 12.6. The first-order valence-electron chi connectivity index (χ1n) is 8.19. The van der Waals surface area contributed by atoms with Gasteiger partial charge in [0.25, 0.3) is 0 Å². The topological polar surface area (TPSA) is 98.1 Å². The van der Waals surface area contributed by atoms with E-state index in [9.17, 15) is 14.4 Å². The van der Waals surface area contributed by atoms with Gasteiger partial charge in [-0.2, -0.15) is 0 Å². The minimum absolute atomic E-state index is 0.0176. The average Bonchev–Trinajstić information content (AvgIpc) is 3.09. The minimum Gasteiger partial charge on any atom is -0.497 e. The van der Waals surface area contributed by atoms with Crippen molar-refractivity contribution in [1.82, 2.24) is 0 Å². The molecule has 0 unspecified atom stereocenters. The Morgan fingerprint density at radius 2 is 1.89 bits per heavy atom. The monoisotopic (exact) mass is 402 g/mol. The number of ketones is 1. The van der Waals surface area contributed by atoms with Crippen LogP contribution in [0.4, 0.5) is 15.5 Å². The van der Waals surface area contributed by atoms with Crippen LogP contribution in [0.3, 0.4) is 0 Å². The van der Waals surface area contributed by atoms with E-state index >= 15 is 0 Å². The fourth-order valence-electron chi connectivity index (χ4n) is 2.51. The fraction of sp³-hybridized carbons (Fsp3) is 0.211. The summed E-state index contributed by atoms with van der Waals surface area (Å²) in [7, 11) is 4.62. The summed E-state index contributed by atoms with van der Waals surface area (Å²) in [5.41, 5.74) is 0.0822. The zero-order valence-electron chi connectivity index (χ0n) is 15.7. The number of methoxy groups -OCH3 is 2. The van der Waals surface area contributed by atoms with Crippen LogP contribution >= 0.6 is 11.3 Å². The van der Waals surface area contributed by atoms with Gasteiger partial charge in [0, 0.05) is 19.2 Å². The second-order valence-electron chi connectivity index (χ2n) is 5.87. The molecular formula is C19H18N2O6S. The van der Waals surface area contributed by atoms with E-state index < -0.39 is 11.7 Å². The molecule has 0 saturated heterocycles. The first kappa shape index (κ1) is 19.4. The maximum atomic E-state index is 12.6. The number of rotatable bonds is 5. The Bertz CT molecular complexity index is 1120. The molecule has 0 saturated carbocycles. The van der Waals surface area contributed by atoms with Gasteiger partial charge in [-0.05, 0) is 25.1 Å². The lowest BCUT2D eigenvalue weighted by Gasteiger charge is -2.17. The number of ether oxygens (including phenoxy) is 2. The third-order valence-corrected chi connectivity index (χ3v) is 5.21. The van der Waals surface area contributed by atoms with Crippen molar-refractivity contribution in [3.05, 3.63) is 46.3 Å². The second-order valence-corrected chi connectivity index (χ2v) is 6.93. The van der Waals surface area contributed by atoms with Crippen LogP contribution in [0.25, 0.3) is 10.3 Å². The Morgan fingerprint density at radius 3 is 2.54 bits per heavy atom. The lowest BCUT2D eigenvalue weighted by molar-refractivity contribution is 0.101. The van der Waals surface area contributed by atoms with Crippen molar-refractivity contribution in [3.8, 4) is 11.5 Å². The highest BCUT2D eigenvalue weighted by Crippen LogP contribution is 2.33. The number of benzene rings is 1. The Morgan fingerprint density at radius 1 is 1.14 bits per heavy atom. The average molecular weight is 402 g/mol. The van der Waals surface area contributed by atoms with E-state index in [1.807, 2.05) is 0 Å². The molecule has 0 bridgehead atoms. The van der Waals surface area contributed by atoms with Gasteiger partial charge in [0.1, 0.15) is 22.1 Å². The number of carbonyl (C=O) groups excluding carboxylic acids is 2. The summed E-state index contributed by atoms with van der Waals surface area (Å²) in [6.45, 7) is 1.30. The van der Waals surface area contributed by atoms with Gasteiger partial charge in [-0.1, -0.05) is 0 Å². The predicted molar refractivity (Wildman–Crippen MR) is 107 cm³/mol. The molecule has 1 N–H and O–H groups in total. The van der Waals surface area contributed by atoms with E-state index in [1.54, 1.807) is 31.3 Å². The highest BCUT2D eigenvalue weighted by molar-refractivity contribution is 7.22. The van der Waals surface area contributed by atoms with E-state index in [1.165, 1.54) is 43.4 Å². The molecule has 3 aromatic rings. The molecule has 0 fully saturated rings. The van der Waals surface area contributed by atoms with Crippen LogP contribution in [0, 0.1) is 0 Å². The minimum atomic E-state index is -0.695. The van der Waals surface area contributed by atoms with Crippen LogP contribution in [0.2, 0.25) is 0 Å². The molecule has 2 amide bonds. The summed E-state index contributed by atoms with van der Waals surface area (Å²) in [5, 5.41) is 3.31. The molecule has 8 nitrogen and oxygen atoms in total. The van der Waals surface area contributed by atoms with Gasteiger partial charge in [0.05, 0.1) is 24.6 Å². The molecule has 0 atom stereocenters. The number of amides is 2. The van der Waals surface area contributed by atoms with Crippen molar-refractivity contribution in [1.29, 1.82) is 0 Å². The number of fused-ring (bicyclic) bond motifs is 1. The smallest absolute Gasteiger partial charge is 0.347 e. The van der Waals surface area contributed by atoms with E-state index in [2.05, 4.69) is 5.32 Å². The SMILES string of the molecule is COc1ccc(NC(=O)N(C)c2cc3oc(=O)c(C(C)=O)cc3s2)c(OC)c1. The van der Waals surface area contributed by atoms with Crippen LogP contribution in [-0.4, -0.2) is 33.1 Å². The summed E-state index contributed by atoms with van der Waals surface area (Å²) in [6.07, 6.45) is 0. The maximum Gasteiger partial charge on any atom is 0.347 e. The van der Waals surface area contributed by atoms with Crippen LogP contribution in [0.15, 0.2) is 39.5 Å². The van der Waals surface area contributed by atoms with Gasteiger partial charge < -0.3 is 19.2 Å². The van der Waals surface area contributed by atoms with Crippen molar-refractivity contribution in [3.63, 3.8) is 0 Å². The second kappa shape index (κ2) is 7.73. The quantitative estimate of drug-likeness (QED) is 0.653. The molecule has 2 aromatic heterocycles. The van der Waals surface area contributed by atoms with Crippen LogP contribution in [0.5, 0.6) is 11.5 Å². The number of anilines is 2. The molecule has 2 heterocycles. The molecule has 0 spiro atoms. The zero-order chi connectivity index (χ0) is 20.4. The normalized spacial score (nSPS) is 10.6. The fourth-order valence-corrected chi connectivity index (χ4v) is 3.50. The lowest BCUT2D eigenvalue weighted by atomic mass is 10.2. The van der Waals surface area contributed by atoms with Crippen LogP contribution in [-0.2, 0) is 0 Å².